The molecule has 10 heteroatoms. The lowest BCUT2D eigenvalue weighted by molar-refractivity contribution is -0.384. The summed E-state index contributed by atoms with van der Waals surface area (Å²) in [4.78, 5) is 16.9. The molecule has 134 valence electrons. The zero-order valence-electron chi connectivity index (χ0n) is 13.9. The van der Waals surface area contributed by atoms with Gasteiger partial charge < -0.3 is 9.42 Å². The highest BCUT2D eigenvalue weighted by Gasteiger charge is 2.30. The summed E-state index contributed by atoms with van der Waals surface area (Å²) in [5.41, 5.74) is 0.184. The molecule has 0 aliphatic carbocycles. The number of nitro benzene ring substituents is 1. The first-order chi connectivity index (χ1) is 11.8. The molecule has 0 radical (unpaired) electrons. The lowest BCUT2D eigenvalue weighted by atomic mass is 9.97. The van der Waals surface area contributed by atoms with Gasteiger partial charge in [-0.2, -0.15) is 4.98 Å². The molecule has 1 aromatic carbocycles. The Kier molecular flexibility index (Phi) is 4.46. The third-order valence-corrected chi connectivity index (χ3v) is 5.34. The highest BCUT2D eigenvalue weighted by molar-refractivity contribution is 7.90. The highest BCUT2D eigenvalue weighted by atomic mass is 32.2. The van der Waals surface area contributed by atoms with E-state index in [1.165, 1.54) is 12.1 Å². The minimum atomic E-state index is -3.51. The third-order valence-electron chi connectivity index (χ3n) is 4.23. The maximum Gasteiger partial charge on any atom is 0.293 e. The van der Waals surface area contributed by atoms with Crippen LogP contribution in [0, 0.1) is 17.0 Å². The molecule has 2 aromatic rings. The van der Waals surface area contributed by atoms with Crippen LogP contribution in [0.4, 0.5) is 11.4 Å². The quantitative estimate of drug-likeness (QED) is 0.596. The van der Waals surface area contributed by atoms with Crippen molar-refractivity contribution in [2.24, 2.45) is 0 Å². The zero-order chi connectivity index (χ0) is 18.2. The van der Waals surface area contributed by atoms with E-state index in [0.29, 0.717) is 30.5 Å². The first-order valence-electron chi connectivity index (χ1n) is 7.79. The van der Waals surface area contributed by atoms with Gasteiger partial charge in [-0.3, -0.25) is 10.1 Å². The normalized spacial score (nSPS) is 18.3. The lowest BCUT2D eigenvalue weighted by Gasteiger charge is -2.32. The van der Waals surface area contributed by atoms with Crippen LogP contribution in [-0.2, 0) is 9.84 Å². The highest BCUT2D eigenvalue weighted by Crippen LogP contribution is 2.35. The number of rotatable bonds is 4. The third kappa shape index (κ3) is 3.63. The van der Waals surface area contributed by atoms with Crippen LogP contribution in [-0.4, -0.2) is 42.8 Å². The molecule has 2 heterocycles. The summed E-state index contributed by atoms with van der Waals surface area (Å²) < 4.78 is 28.6. The summed E-state index contributed by atoms with van der Waals surface area (Å²) in [6.45, 7) is 2.88. The Labute approximate surface area is 144 Å². The number of sulfone groups is 1. The molecule has 0 amide bonds. The average Bonchev–Trinajstić information content (AvgIpc) is 3.00. The van der Waals surface area contributed by atoms with Gasteiger partial charge in [-0.1, -0.05) is 5.16 Å². The molecule has 1 aliphatic heterocycles. The minimum Gasteiger partial charge on any atom is -0.365 e. The predicted molar refractivity (Wildman–Crippen MR) is 89.4 cm³/mol. The van der Waals surface area contributed by atoms with Crippen LogP contribution in [0.3, 0.4) is 0 Å². The molecule has 0 N–H and O–H groups in total. The van der Waals surface area contributed by atoms with Crippen LogP contribution in [0.25, 0.3) is 0 Å². The summed E-state index contributed by atoms with van der Waals surface area (Å²) in [5.74, 6) is 1.07. The van der Waals surface area contributed by atoms with Crippen LogP contribution in [0.5, 0.6) is 0 Å². The van der Waals surface area contributed by atoms with Gasteiger partial charge in [-0.15, -0.1) is 0 Å². The van der Waals surface area contributed by atoms with Gasteiger partial charge in [0.1, 0.15) is 5.69 Å². The molecule has 0 saturated carbocycles. The van der Waals surface area contributed by atoms with Crippen molar-refractivity contribution >= 4 is 21.2 Å². The van der Waals surface area contributed by atoms with Gasteiger partial charge in [0.2, 0.25) is 5.89 Å². The molecule has 1 saturated heterocycles. The van der Waals surface area contributed by atoms with Crippen LogP contribution in [0.15, 0.2) is 27.6 Å². The minimum absolute atomic E-state index is 0.0101. The number of anilines is 1. The molecule has 0 bridgehead atoms. The molecule has 1 fully saturated rings. The summed E-state index contributed by atoms with van der Waals surface area (Å²) in [7, 11) is -3.51. The number of nitrogens with zero attached hydrogens (tertiary/aromatic N) is 4. The van der Waals surface area contributed by atoms with E-state index in [2.05, 4.69) is 10.1 Å². The Morgan fingerprint density at radius 3 is 2.76 bits per heavy atom. The second kappa shape index (κ2) is 6.43. The monoisotopic (exact) mass is 366 g/mol. The van der Waals surface area contributed by atoms with Crippen LogP contribution >= 0.6 is 0 Å². The van der Waals surface area contributed by atoms with Crippen molar-refractivity contribution in [1.29, 1.82) is 0 Å². The molecule has 1 atom stereocenters. The van der Waals surface area contributed by atoms with Crippen molar-refractivity contribution in [3.05, 3.63) is 40.0 Å². The number of aryl methyl sites for hydroxylation is 1. The lowest BCUT2D eigenvalue weighted by Crippen LogP contribution is -2.35. The van der Waals surface area contributed by atoms with Crippen molar-refractivity contribution in [3.8, 4) is 0 Å². The van der Waals surface area contributed by atoms with E-state index in [1.54, 1.807) is 6.92 Å². The number of aromatic nitrogens is 2. The number of nitro groups is 1. The van der Waals surface area contributed by atoms with Gasteiger partial charge >= 0.3 is 0 Å². The van der Waals surface area contributed by atoms with Crippen molar-refractivity contribution in [3.63, 3.8) is 0 Å². The average molecular weight is 366 g/mol. The fourth-order valence-electron chi connectivity index (χ4n) is 3.02. The Bertz CT molecular complexity index is 908. The molecule has 25 heavy (non-hydrogen) atoms. The van der Waals surface area contributed by atoms with Crippen molar-refractivity contribution < 1.29 is 17.9 Å². The molecule has 3 rings (SSSR count). The van der Waals surface area contributed by atoms with E-state index in [0.717, 1.165) is 25.2 Å². The molecular weight excluding hydrogens is 348 g/mol. The number of benzene rings is 1. The molecule has 9 nitrogen and oxygen atoms in total. The molecular formula is C15H18N4O5S. The smallest absolute Gasteiger partial charge is 0.293 e. The molecule has 1 aromatic heterocycles. The second-order valence-corrected chi connectivity index (χ2v) is 8.16. The first-order valence-corrected chi connectivity index (χ1v) is 9.68. The van der Waals surface area contributed by atoms with E-state index < -0.39 is 14.8 Å². The number of piperidine rings is 1. The van der Waals surface area contributed by atoms with Gasteiger partial charge in [-0.05, 0) is 31.9 Å². The summed E-state index contributed by atoms with van der Waals surface area (Å²) >= 11 is 0. The molecule has 0 unspecified atom stereocenters. The predicted octanol–water partition coefficient (Wildman–Crippen LogP) is 2.07. The van der Waals surface area contributed by atoms with Crippen molar-refractivity contribution in [2.45, 2.75) is 30.6 Å². The zero-order valence-corrected chi connectivity index (χ0v) is 14.7. The fourth-order valence-corrected chi connectivity index (χ4v) is 3.66. The number of hydrogen-bond donors (Lipinski definition) is 0. The molecule has 0 spiro atoms. The standard InChI is InChI=1S/C15H18N4O5S/c1-10-16-15(24-17-10)11-4-3-7-18(9-11)13-6-5-12(25(2,22)23)8-14(13)19(20)21/h5-6,8,11H,3-4,7,9H2,1-2H3/t11-/m1/s1. The van der Waals surface area contributed by atoms with Crippen LogP contribution < -0.4 is 4.90 Å². The Morgan fingerprint density at radius 1 is 1.40 bits per heavy atom. The Morgan fingerprint density at radius 2 is 2.16 bits per heavy atom. The summed E-state index contributed by atoms with van der Waals surface area (Å²) in [6, 6.07) is 4.01. The first kappa shape index (κ1) is 17.3. The molecule has 1 aliphatic rings. The van der Waals surface area contributed by atoms with Crippen molar-refractivity contribution in [2.75, 3.05) is 24.2 Å². The summed E-state index contributed by atoms with van der Waals surface area (Å²) in [6.07, 6.45) is 2.70. The Balaban J connectivity index is 1.93. The maximum absolute atomic E-state index is 11.7. The van der Waals surface area contributed by atoms with E-state index in [4.69, 9.17) is 4.52 Å². The van der Waals surface area contributed by atoms with Gasteiger partial charge in [0.05, 0.1) is 15.7 Å². The number of hydrogen-bond acceptors (Lipinski definition) is 8. The van der Waals surface area contributed by atoms with Gasteiger partial charge in [0.15, 0.2) is 15.7 Å². The van der Waals surface area contributed by atoms with Gasteiger partial charge in [0, 0.05) is 25.4 Å². The second-order valence-electron chi connectivity index (χ2n) is 6.14. The van der Waals surface area contributed by atoms with Crippen LogP contribution in [0.1, 0.15) is 30.5 Å². The van der Waals surface area contributed by atoms with E-state index in [1.807, 2.05) is 4.90 Å². The van der Waals surface area contributed by atoms with Crippen LogP contribution in [0.2, 0.25) is 0 Å². The van der Waals surface area contributed by atoms with E-state index in [-0.39, 0.29) is 16.5 Å². The topological polar surface area (TPSA) is 119 Å². The maximum atomic E-state index is 11.7. The largest absolute Gasteiger partial charge is 0.365 e. The van der Waals surface area contributed by atoms with E-state index in [9.17, 15) is 18.5 Å². The SMILES string of the molecule is Cc1noc([C@@H]2CCCN(c3ccc(S(C)(=O)=O)cc3[N+](=O)[O-])C2)n1. The fraction of sp³-hybridized carbons (Fsp3) is 0.467. The Hall–Kier alpha value is -2.49. The summed E-state index contributed by atoms with van der Waals surface area (Å²) in [5, 5.41) is 15.2. The van der Waals surface area contributed by atoms with E-state index >= 15 is 0 Å². The van der Waals surface area contributed by atoms with Crippen molar-refractivity contribution in [1.82, 2.24) is 10.1 Å². The van der Waals surface area contributed by atoms with Gasteiger partial charge in [0.25, 0.3) is 5.69 Å². The van der Waals surface area contributed by atoms with Gasteiger partial charge in [-0.25, -0.2) is 8.42 Å².